The van der Waals surface area contributed by atoms with Crippen molar-refractivity contribution < 1.29 is 0 Å². The maximum Gasteiger partial charge on any atom is 0.223 e. The third-order valence-electron chi connectivity index (χ3n) is 3.19. The van der Waals surface area contributed by atoms with E-state index in [0.717, 1.165) is 37.7 Å². The molecule has 2 heterocycles. The van der Waals surface area contributed by atoms with E-state index in [0.29, 0.717) is 5.15 Å². The number of nitrogens with one attached hydrogen (secondary N) is 1. The number of aromatic nitrogens is 2. The molecule has 1 aromatic rings. The second-order valence-corrected chi connectivity index (χ2v) is 5.56. The van der Waals surface area contributed by atoms with Gasteiger partial charge in [-0.1, -0.05) is 11.6 Å². The van der Waals surface area contributed by atoms with Crippen molar-refractivity contribution in [2.75, 3.05) is 26.7 Å². The zero-order chi connectivity index (χ0) is 13.0. The molecule has 0 amide bonds. The van der Waals surface area contributed by atoms with E-state index in [9.17, 15) is 0 Å². The number of piperidine rings is 1. The Kier molecular flexibility index (Phi) is 5.18. The molecule has 6 heteroatoms. The SMILES string of the molecule is CN(Cc1cnc(Cl)nc1Cl)C[C@@H]1CCCNC1. The van der Waals surface area contributed by atoms with Crippen LogP contribution in [0.5, 0.6) is 0 Å². The zero-order valence-electron chi connectivity index (χ0n) is 10.5. The van der Waals surface area contributed by atoms with Gasteiger partial charge in [0.2, 0.25) is 5.28 Å². The van der Waals surface area contributed by atoms with Gasteiger partial charge in [0.05, 0.1) is 0 Å². The molecule has 4 nitrogen and oxygen atoms in total. The van der Waals surface area contributed by atoms with Crippen molar-refractivity contribution >= 4 is 23.2 Å². The Morgan fingerprint density at radius 3 is 3.00 bits per heavy atom. The normalized spacial score (nSPS) is 20.3. The molecule has 0 spiro atoms. The maximum absolute atomic E-state index is 6.04. The van der Waals surface area contributed by atoms with E-state index in [1.54, 1.807) is 6.20 Å². The van der Waals surface area contributed by atoms with Crippen molar-refractivity contribution in [3.8, 4) is 0 Å². The third kappa shape index (κ3) is 4.05. The van der Waals surface area contributed by atoms with Gasteiger partial charge in [0.1, 0.15) is 5.15 Å². The lowest BCUT2D eigenvalue weighted by molar-refractivity contribution is 0.237. The molecular formula is C12H18Cl2N4. The molecule has 0 radical (unpaired) electrons. The first-order chi connectivity index (χ1) is 8.65. The highest BCUT2D eigenvalue weighted by Gasteiger charge is 2.16. The van der Waals surface area contributed by atoms with Gasteiger partial charge in [-0.05, 0) is 50.5 Å². The van der Waals surface area contributed by atoms with E-state index in [2.05, 4.69) is 27.2 Å². The van der Waals surface area contributed by atoms with E-state index in [1.807, 2.05) is 0 Å². The average molecular weight is 289 g/mol. The van der Waals surface area contributed by atoms with E-state index in [-0.39, 0.29) is 5.28 Å². The Labute approximate surface area is 118 Å². The fourth-order valence-corrected chi connectivity index (χ4v) is 2.71. The molecule has 1 aliphatic rings. The molecule has 2 rings (SSSR count). The molecule has 18 heavy (non-hydrogen) atoms. The van der Waals surface area contributed by atoms with Crippen molar-refractivity contribution in [2.45, 2.75) is 19.4 Å². The highest BCUT2D eigenvalue weighted by molar-refractivity contribution is 6.32. The number of halogens is 2. The molecule has 100 valence electrons. The summed E-state index contributed by atoms with van der Waals surface area (Å²) in [5, 5.41) is 4.07. The Morgan fingerprint density at radius 2 is 2.33 bits per heavy atom. The minimum Gasteiger partial charge on any atom is -0.316 e. The highest BCUT2D eigenvalue weighted by atomic mass is 35.5. The van der Waals surface area contributed by atoms with Crippen LogP contribution >= 0.6 is 23.2 Å². The van der Waals surface area contributed by atoms with Crippen LogP contribution in [-0.2, 0) is 6.54 Å². The molecule has 1 aromatic heterocycles. The summed E-state index contributed by atoms with van der Waals surface area (Å²) in [5.74, 6) is 0.718. The molecule has 0 unspecified atom stereocenters. The Balaban J connectivity index is 1.87. The number of hydrogen-bond donors (Lipinski definition) is 1. The maximum atomic E-state index is 6.04. The van der Waals surface area contributed by atoms with Crippen molar-refractivity contribution in [2.24, 2.45) is 5.92 Å². The van der Waals surface area contributed by atoms with Crippen LogP contribution in [0.3, 0.4) is 0 Å². The highest BCUT2D eigenvalue weighted by Crippen LogP contribution is 2.17. The molecular weight excluding hydrogens is 271 g/mol. The van der Waals surface area contributed by atoms with Crippen LogP contribution in [0.25, 0.3) is 0 Å². The van der Waals surface area contributed by atoms with Crippen molar-refractivity contribution in [3.05, 3.63) is 22.2 Å². The zero-order valence-corrected chi connectivity index (χ0v) is 12.0. The lowest BCUT2D eigenvalue weighted by Crippen LogP contribution is -2.36. The van der Waals surface area contributed by atoms with Gasteiger partial charge in [0.25, 0.3) is 0 Å². The molecule has 1 saturated heterocycles. The Bertz CT molecular complexity index is 394. The summed E-state index contributed by atoms with van der Waals surface area (Å²) in [6, 6.07) is 0. The molecule has 0 bridgehead atoms. The number of hydrogen-bond acceptors (Lipinski definition) is 4. The first kappa shape index (κ1) is 14.0. The predicted octanol–water partition coefficient (Wildman–Crippen LogP) is 2.21. The molecule has 0 aliphatic carbocycles. The summed E-state index contributed by atoms with van der Waals surface area (Å²) in [7, 11) is 2.10. The first-order valence-electron chi connectivity index (χ1n) is 6.21. The van der Waals surface area contributed by atoms with Crippen LogP contribution in [0.2, 0.25) is 10.4 Å². The Hall–Kier alpha value is -0.420. The minimum atomic E-state index is 0.197. The summed E-state index contributed by atoms with van der Waals surface area (Å²) in [4.78, 5) is 10.2. The van der Waals surface area contributed by atoms with Gasteiger partial charge in [-0.2, -0.15) is 0 Å². The van der Waals surface area contributed by atoms with Crippen LogP contribution < -0.4 is 5.32 Å². The van der Waals surface area contributed by atoms with Gasteiger partial charge < -0.3 is 10.2 Å². The molecule has 0 saturated carbocycles. The third-order valence-corrected chi connectivity index (χ3v) is 3.70. The summed E-state index contributed by atoms with van der Waals surface area (Å²) in [6.45, 7) is 4.07. The lowest BCUT2D eigenvalue weighted by Gasteiger charge is -2.27. The van der Waals surface area contributed by atoms with E-state index in [4.69, 9.17) is 23.2 Å². The number of rotatable bonds is 4. The fourth-order valence-electron chi connectivity index (χ4n) is 2.35. The first-order valence-corrected chi connectivity index (χ1v) is 6.97. The summed E-state index contributed by atoms with van der Waals surface area (Å²) >= 11 is 11.7. The molecule has 1 aliphatic heterocycles. The molecule has 1 fully saturated rings. The van der Waals surface area contributed by atoms with Crippen LogP contribution in [0.4, 0.5) is 0 Å². The van der Waals surface area contributed by atoms with Gasteiger partial charge in [-0.3, -0.25) is 0 Å². The second-order valence-electron chi connectivity index (χ2n) is 4.86. The van der Waals surface area contributed by atoms with E-state index in [1.165, 1.54) is 12.8 Å². The molecule has 1 N–H and O–H groups in total. The predicted molar refractivity (Wildman–Crippen MR) is 74.0 cm³/mol. The monoisotopic (exact) mass is 288 g/mol. The molecule has 0 aromatic carbocycles. The van der Waals surface area contributed by atoms with Crippen molar-refractivity contribution in [1.82, 2.24) is 20.2 Å². The van der Waals surface area contributed by atoms with Crippen molar-refractivity contribution in [1.29, 1.82) is 0 Å². The number of nitrogens with zero attached hydrogens (tertiary/aromatic N) is 3. The summed E-state index contributed by atoms with van der Waals surface area (Å²) in [5.41, 5.74) is 0.923. The van der Waals surface area contributed by atoms with E-state index < -0.39 is 0 Å². The van der Waals surface area contributed by atoms with E-state index >= 15 is 0 Å². The van der Waals surface area contributed by atoms with Gasteiger partial charge in [0, 0.05) is 24.8 Å². The quantitative estimate of drug-likeness (QED) is 0.681. The Morgan fingerprint density at radius 1 is 1.50 bits per heavy atom. The lowest BCUT2D eigenvalue weighted by atomic mass is 9.99. The van der Waals surface area contributed by atoms with Crippen LogP contribution in [0.1, 0.15) is 18.4 Å². The largest absolute Gasteiger partial charge is 0.316 e. The van der Waals surface area contributed by atoms with Gasteiger partial charge >= 0.3 is 0 Å². The smallest absolute Gasteiger partial charge is 0.223 e. The van der Waals surface area contributed by atoms with Crippen LogP contribution in [0.15, 0.2) is 6.20 Å². The van der Waals surface area contributed by atoms with Crippen LogP contribution in [-0.4, -0.2) is 41.5 Å². The standard InChI is InChI=1S/C12H18Cl2N4/c1-18(7-9-3-2-4-15-5-9)8-10-6-16-12(14)17-11(10)13/h6,9,15H,2-5,7-8H2,1H3/t9-/m1/s1. The second kappa shape index (κ2) is 6.66. The summed E-state index contributed by atoms with van der Waals surface area (Å²) < 4.78 is 0. The van der Waals surface area contributed by atoms with Crippen molar-refractivity contribution in [3.63, 3.8) is 0 Å². The van der Waals surface area contributed by atoms with Gasteiger partial charge in [0.15, 0.2) is 0 Å². The van der Waals surface area contributed by atoms with Crippen LogP contribution in [0, 0.1) is 5.92 Å². The van der Waals surface area contributed by atoms with Gasteiger partial charge in [-0.15, -0.1) is 0 Å². The fraction of sp³-hybridized carbons (Fsp3) is 0.667. The topological polar surface area (TPSA) is 41.1 Å². The molecule has 1 atom stereocenters. The summed E-state index contributed by atoms with van der Waals surface area (Å²) in [6.07, 6.45) is 4.26. The average Bonchev–Trinajstić information content (AvgIpc) is 2.34. The van der Waals surface area contributed by atoms with Gasteiger partial charge in [-0.25, -0.2) is 9.97 Å². The minimum absolute atomic E-state index is 0.197.